The summed E-state index contributed by atoms with van der Waals surface area (Å²) in [7, 11) is 0. The molecule has 0 fully saturated rings. The van der Waals surface area contributed by atoms with Crippen molar-refractivity contribution in [2.75, 3.05) is 5.73 Å². The molecule has 0 spiro atoms. The van der Waals surface area contributed by atoms with Gasteiger partial charge in [-0.25, -0.2) is 4.79 Å². The summed E-state index contributed by atoms with van der Waals surface area (Å²) in [5.41, 5.74) is 8.58. The first kappa shape index (κ1) is 23.9. The zero-order valence-corrected chi connectivity index (χ0v) is 20.1. The van der Waals surface area contributed by atoms with Gasteiger partial charge in [-0.3, -0.25) is 0 Å². The number of cyclic esters (lactones) is 1. The number of nitrogen functional groups attached to an aromatic ring is 1. The molecule has 2 heterocycles. The van der Waals surface area contributed by atoms with Crippen molar-refractivity contribution < 1.29 is 14.3 Å². The van der Waals surface area contributed by atoms with E-state index in [1.165, 1.54) is 5.56 Å². The van der Waals surface area contributed by atoms with E-state index in [9.17, 15) is 4.79 Å². The fourth-order valence-electron chi connectivity index (χ4n) is 5.07. The zero-order chi connectivity index (χ0) is 23.4. The Balaban J connectivity index is 0.00000141. The third-order valence-corrected chi connectivity index (χ3v) is 6.34. The maximum atomic E-state index is 13.3. The molecule has 4 nitrogen and oxygen atoms in total. The Morgan fingerprint density at radius 2 is 1.72 bits per heavy atom. The molecule has 2 aromatic rings. The van der Waals surface area contributed by atoms with Gasteiger partial charge < -0.3 is 15.2 Å². The molecule has 0 saturated heterocycles. The van der Waals surface area contributed by atoms with E-state index in [1.54, 1.807) is 0 Å². The highest BCUT2D eigenvalue weighted by molar-refractivity contribution is 5.93. The maximum Gasteiger partial charge on any atom is 0.338 e. The normalized spacial score (nSPS) is 23.5. The number of ether oxygens (including phenoxy) is 2. The fraction of sp³-hybridized carbons (Fsp3) is 0.464. The second kappa shape index (κ2) is 9.81. The van der Waals surface area contributed by atoms with Crippen molar-refractivity contribution in [3.63, 3.8) is 0 Å². The van der Waals surface area contributed by atoms with E-state index in [2.05, 4.69) is 19.1 Å². The molecule has 0 amide bonds. The van der Waals surface area contributed by atoms with Crippen molar-refractivity contribution in [1.29, 1.82) is 0 Å². The molecule has 2 aromatic carbocycles. The molecule has 2 aliphatic heterocycles. The average Bonchev–Trinajstić information content (AvgIpc) is 3.05. The molecule has 4 rings (SSSR count). The average molecular weight is 436 g/mol. The lowest BCUT2D eigenvalue weighted by Crippen LogP contribution is -2.40. The smallest absolute Gasteiger partial charge is 0.338 e. The van der Waals surface area contributed by atoms with E-state index in [0.717, 1.165) is 37.0 Å². The van der Waals surface area contributed by atoms with Crippen molar-refractivity contribution in [3.8, 4) is 0 Å². The standard InChI is InChI=1S/C26H31NO3.C2H6/c1-4-14-26(15-13-18-9-6-5-7-10-18)17-21-22(24(28)30-26)23(25(2,3)29-21)19-11-8-12-20(27)16-19;1-2/h5-12,16,23H,4,13-15,17,27H2,1-3H3;1-2H3. The molecular formula is C28H37NO3. The lowest BCUT2D eigenvalue weighted by atomic mass is 9.77. The van der Waals surface area contributed by atoms with E-state index in [1.807, 2.05) is 70.2 Å². The quantitative estimate of drug-likeness (QED) is 0.412. The Labute approximate surface area is 192 Å². The van der Waals surface area contributed by atoms with Gasteiger partial charge in [0.25, 0.3) is 0 Å². The van der Waals surface area contributed by atoms with Crippen LogP contribution < -0.4 is 5.73 Å². The van der Waals surface area contributed by atoms with E-state index in [-0.39, 0.29) is 11.9 Å². The summed E-state index contributed by atoms with van der Waals surface area (Å²) in [5, 5.41) is 0. The monoisotopic (exact) mass is 435 g/mol. The van der Waals surface area contributed by atoms with Crippen LogP contribution in [0.5, 0.6) is 0 Å². The predicted octanol–water partition coefficient (Wildman–Crippen LogP) is 6.56. The van der Waals surface area contributed by atoms with Gasteiger partial charge in [0.2, 0.25) is 0 Å². The van der Waals surface area contributed by atoms with E-state index < -0.39 is 11.2 Å². The molecule has 0 aromatic heterocycles. The number of rotatable bonds is 6. The third kappa shape index (κ3) is 4.85. The minimum Gasteiger partial charge on any atom is -0.490 e. The van der Waals surface area contributed by atoms with Crippen LogP contribution in [-0.4, -0.2) is 17.2 Å². The topological polar surface area (TPSA) is 61.5 Å². The summed E-state index contributed by atoms with van der Waals surface area (Å²) < 4.78 is 12.6. The molecule has 0 saturated carbocycles. The number of esters is 1. The van der Waals surface area contributed by atoms with Gasteiger partial charge in [0.1, 0.15) is 17.0 Å². The molecule has 0 bridgehead atoms. The summed E-state index contributed by atoms with van der Waals surface area (Å²) in [5.74, 6) is 0.373. The van der Waals surface area contributed by atoms with E-state index in [4.69, 9.17) is 15.2 Å². The summed E-state index contributed by atoms with van der Waals surface area (Å²) in [6.45, 7) is 10.2. The number of hydrogen-bond donors (Lipinski definition) is 1. The molecule has 2 aliphatic rings. The highest BCUT2D eigenvalue weighted by Crippen LogP contribution is 2.52. The minimum atomic E-state index is -0.529. The number of anilines is 1. The Hall–Kier alpha value is -2.75. The van der Waals surface area contributed by atoms with Crippen LogP contribution >= 0.6 is 0 Å². The molecule has 2 N–H and O–H groups in total. The van der Waals surface area contributed by atoms with Crippen molar-refractivity contribution in [2.24, 2.45) is 0 Å². The first-order valence-electron chi connectivity index (χ1n) is 11.9. The highest BCUT2D eigenvalue weighted by Gasteiger charge is 2.53. The van der Waals surface area contributed by atoms with Crippen LogP contribution in [0.4, 0.5) is 5.69 Å². The molecule has 0 radical (unpaired) electrons. The minimum absolute atomic E-state index is 0.183. The fourth-order valence-corrected chi connectivity index (χ4v) is 5.07. The van der Waals surface area contributed by atoms with Gasteiger partial charge in [0.15, 0.2) is 0 Å². The number of nitrogens with two attached hydrogens (primary N) is 1. The van der Waals surface area contributed by atoms with E-state index in [0.29, 0.717) is 17.7 Å². The molecule has 2 atom stereocenters. The van der Waals surface area contributed by atoms with Crippen molar-refractivity contribution >= 4 is 11.7 Å². The lowest BCUT2D eigenvalue weighted by Gasteiger charge is -2.37. The Bertz CT molecular complexity index is 964. The van der Waals surface area contributed by atoms with Gasteiger partial charge in [0, 0.05) is 12.1 Å². The Morgan fingerprint density at radius 1 is 1.00 bits per heavy atom. The van der Waals surface area contributed by atoms with E-state index >= 15 is 0 Å². The Morgan fingerprint density at radius 3 is 2.38 bits per heavy atom. The molecule has 172 valence electrons. The zero-order valence-electron chi connectivity index (χ0n) is 20.1. The summed E-state index contributed by atoms with van der Waals surface area (Å²) >= 11 is 0. The Kier molecular flexibility index (Phi) is 7.33. The van der Waals surface area contributed by atoms with Gasteiger partial charge >= 0.3 is 5.97 Å². The first-order chi connectivity index (χ1) is 15.3. The van der Waals surface area contributed by atoms with Gasteiger partial charge in [0.05, 0.1) is 11.5 Å². The highest BCUT2D eigenvalue weighted by atomic mass is 16.6. The number of hydrogen-bond acceptors (Lipinski definition) is 4. The molecular weight excluding hydrogens is 398 g/mol. The van der Waals surface area contributed by atoms with Crippen molar-refractivity contribution in [3.05, 3.63) is 77.1 Å². The van der Waals surface area contributed by atoms with Gasteiger partial charge in [-0.2, -0.15) is 0 Å². The second-order valence-corrected chi connectivity index (χ2v) is 9.13. The van der Waals surface area contributed by atoms with Crippen LogP contribution in [0.25, 0.3) is 0 Å². The lowest BCUT2D eigenvalue weighted by molar-refractivity contribution is -0.160. The molecule has 32 heavy (non-hydrogen) atoms. The maximum absolute atomic E-state index is 13.3. The third-order valence-electron chi connectivity index (χ3n) is 6.34. The molecule has 0 aliphatic carbocycles. The largest absolute Gasteiger partial charge is 0.490 e. The van der Waals surface area contributed by atoms with Crippen LogP contribution in [0.15, 0.2) is 65.9 Å². The number of benzene rings is 2. The first-order valence-corrected chi connectivity index (χ1v) is 11.9. The summed E-state index contributed by atoms with van der Waals surface area (Å²) in [4.78, 5) is 13.3. The number of carbonyl (C=O) groups is 1. The summed E-state index contributed by atoms with van der Waals surface area (Å²) in [6, 6.07) is 18.1. The van der Waals surface area contributed by atoms with Crippen LogP contribution in [0.2, 0.25) is 0 Å². The SMILES string of the molecule is CC.CCCC1(CCc2ccccc2)CC2=C(C(=O)O1)C(c1cccc(N)c1)C(C)(C)O2. The molecule has 4 heteroatoms. The van der Waals surface area contributed by atoms with Crippen LogP contribution in [-0.2, 0) is 20.7 Å². The number of carbonyl (C=O) groups excluding carboxylic acids is 1. The van der Waals surface area contributed by atoms with Crippen LogP contribution in [0.3, 0.4) is 0 Å². The van der Waals surface area contributed by atoms with Crippen LogP contribution in [0, 0.1) is 0 Å². The van der Waals surface area contributed by atoms with Gasteiger partial charge in [-0.05, 0) is 56.4 Å². The number of aryl methyl sites for hydroxylation is 1. The van der Waals surface area contributed by atoms with Gasteiger partial charge in [-0.15, -0.1) is 0 Å². The van der Waals surface area contributed by atoms with Crippen molar-refractivity contribution in [2.45, 2.75) is 83.8 Å². The van der Waals surface area contributed by atoms with Crippen molar-refractivity contribution in [1.82, 2.24) is 0 Å². The summed E-state index contributed by atoms with van der Waals surface area (Å²) in [6.07, 6.45) is 4.08. The van der Waals surface area contributed by atoms with Gasteiger partial charge in [-0.1, -0.05) is 69.7 Å². The molecule has 2 unspecified atom stereocenters. The second-order valence-electron chi connectivity index (χ2n) is 9.13. The van der Waals surface area contributed by atoms with Crippen LogP contribution in [0.1, 0.15) is 77.3 Å². The predicted molar refractivity (Wildman–Crippen MR) is 130 cm³/mol.